The minimum atomic E-state index is -0.676. The summed E-state index contributed by atoms with van der Waals surface area (Å²) in [6, 6.07) is 10.7. The van der Waals surface area contributed by atoms with Crippen LogP contribution in [0.3, 0.4) is 0 Å². The number of nitrogens with one attached hydrogen (secondary N) is 1. The first-order chi connectivity index (χ1) is 20.8. The van der Waals surface area contributed by atoms with Gasteiger partial charge in [-0.2, -0.15) is 5.10 Å². The van der Waals surface area contributed by atoms with Crippen molar-refractivity contribution in [3.05, 3.63) is 96.0 Å². The molecule has 1 aliphatic heterocycles. The molecule has 6 aromatic rings. The van der Waals surface area contributed by atoms with Crippen LogP contribution in [0.15, 0.2) is 67.3 Å². The molecule has 0 aliphatic carbocycles. The number of hydrogen-bond acceptors (Lipinski definition) is 5. The second kappa shape index (κ2) is 10.5. The minimum absolute atomic E-state index is 0.0669. The standard InChI is InChI=1S/C33H30F3N7/c1-18-3-4-29(38-14-18)19(2)43-17-27(21-11-28(36)26-16-40-41-30(26)12-21)31-32(42-7-5-24(37)6-8-42)25(15-39-33(31)43)20-9-22(34)13-23(35)10-20/h3-4,9-17,19,24H,5-8,37H2,1-2H3,(H,40,41). The van der Waals surface area contributed by atoms with E-state index in [-0.39, 0.29) is 12.1 Å². The Morgan fingerprint density at radius 2 is 1.65 bits per heavy atom. The summed E-state index contributed by atoms with van der Waals surface area (Å²) >= 11 is 0. The van der Waals surface area contributed by atoms with Gasteiger partial charge in [0.15, 0.2) is 0 Å². The number of halogens is 3. The Kier molecular flexibility index (Phi) is 6.65. The summed E-state index contributed by atoms with van der Waals surface area (Å²) in [4.78, 5) is 11.8. The van der Waals surface area contributed by atoms with E-state index in [1.165, 1.54) is 24.4 Å². The van der Waals surface area contributed by atoms with Gasteiger partial charge < -0.3 is 15.2 Å². The third kappa shape index (κ3) is 4.81. The predicted octanol–water partition coefficient (Wildman–Crippen LogP) is 6.90. The van der Waals surface area contributed by atoms with Crippen LogP contribution in [0.2, 0.25) is 0 Å². The van der Waals surface area contributed by atoms with E-state index in [1.807, 2.05) is 49.0 Å². The molecule has 218 valence electrons. The number of pyridine rings is 2. The highest BCUT2D eigenvalue weighted by Crippen LogP contribution is 2.45. The summed E-state index contributed by atoms with van der Waals surface area (Å²) in [6.07, 6.45) is 8.45. The Morgan fingerprint density at radius 1 is 0.907 bits per heavy atom. The molecule has 5 heterocycles. The van der Waals surface area contributed by atoms with Crippen LogP contribution in [0.4, 0.5) is 18.9 Å². The smallest absolute Gasteiger partial charge is 0.143 e. The molecule has 10 heteroatoms. The lowest BCUT2D eigenvalue weighted by Gasteiger charge is -2.34. The Labute approximate surface area is 246 Å². The lowest BCUT2D eigenvalue weighted by Crippen LogP contribution is -2.40. The summed E-state index contributed by atoms with van der Waals surface area (Å²) in [7, 11) is 0. The van der Waals surface area contributed by atoms with Crippen molar-refractivity contribution < 1.29 is 13.2 Å². The van der Waals surface area contributed by atoms with E-state index >= 15 is 4.39 Å². The highest BCUT2D eigenvalue weighted by atomic mass is 19.1. The fourth-order valence-corrected chi connectivity index (χ4v) is 6.12. The van der Waals surface area contributed by atoms with E-state index in [2.05, 4.69) is 20.1 Å². The largest absolute Gasteiger partial charge is 0.370 e. The van der Waals surface area contributed by atoms with Gasteiger partial charge in [-0.3, -0.25) is 10.1 Å². The van der Waals surface area contributed by atoms with Crippen LogP contribution >= 0.6 is 0 Å². The number of anilines is 1. The highest BCUT2D eigenvalue weighted by Gasteiger charge is 2.28. The maximum absolute atomic E-state index is 15.4. The molecule has 1 aliphatic rings. The third-order valence-corrected chi connectivity index (χ3v) is 8.44. The molecule has 3 N–H and O–H groups in total. The summed E-state index contributed by atoms with van der Waals surface area (Å²) in [5.41, 5.74) is 12.5. The lowest BCUT2D eigenvalue weighted by atomic mass is 9.96. The van der Waals surface area contributed by atoms with E-state index in [1.54, 1.807) is 6.20 Å². The van der Waals surface area contributed by atoms with Crippen molar-refractivity contribution in [2.45, 2.75) is 38.8 Å². The number of benzene rings is 2. The van der Waals surface area contributed by atoms with Gasteiger partial charge in [-0.1, -0.05) is 6.07 Å². The van der Waals surface area contributed by atoms with Gasteiger partial charge >= 0.3 is 0 Å². The number of rotatable bonds is 5. The van der Waals surface area contributed by atoms with Crippen LogP contribution in [0, 0.1) is 24.4 Å². The van der Waals surface area contributed by atoms with Gasteiger partial charge in [0, 0.05) is 54.9 Å². The Bertz CT molecular complexity index is 1950. The maximum atomic E-state index is 15.4. The summed E-state index contributed by atoms with van der Waals surface area (Å²) in [5, 5.41) is 8.06. The molecule has 4 aromatic heterocycles. The molecular formula is C33H30F3N7. The maximum Gasteiger partial charge on any atom is 0.143 e. The van der Waals surface area contributed by atoms with Crippen molar-refractivity contribution >= 4 is 27.6 Å². The number of H-pyrrole nitrogens is 1. The number of nitrogens with zero attached hydrogens (tertiary/aromatic N) is 5. The number of aromatic amines is 1. The number of aromatic nitrogens is 5. The summed E-state index contributed by atoms with van der Waals surface area (Å²) in [6.45, 7) is 5.33. The van der Waals surface area contributed by atoms with Crippen LogP contribution in [-0.4, -0.2) is 43.9 Å². The number of aryl methyl sites for hydroxylation is 1. The predicted molar refractivity (Wildman–Crippen MR) is 162 cm³/mol. The normalized spacial score (nSPS) is 15.1. The molecular weight excluding hydrogens is 551 g/mol. The molecule has 1 atom stereocenters. The first kappa shape index (κ1) is 27.2. The van der Waals surface area contributed by atoms with Gasteiger partial charge in [-0.05, 0) is 73.7 Å². The van der Waals surface area contributed by atoms with E-state index in [0.717, 1.165) is 46.8 Å². The molecule has 0 bridgehead atoms. The molecule has 1 fully saturated rings. The van der Waals surface area contributed by atoms with E-state index < -0.39 is 17.5 Å². The Hall–Kier alpha value is -4.70. The van der Waals surface area contributed by atoms with Crippen molar-refractivity contribution in [2.75, 3.05) is 18.0 Å². The molecule has 2 aromatic carbocycles. The zero-order chi connectivity index (χ0) is 29.8. The minimum Gasteiger partial charge on any atom is -0.370 e. The zero-order valence-corrected chi connectivity index (χ0v) is 23.8. The third-order valence-electron chi connectivity index (χ3n) is 8.44. The molecule has 1 saturated heterocycles. The highest BCUT2D eigenvalue weighted by molar-refractivity contribution is 6.08. The first-order valence-corrected chi connectivity index (χ1v) is 14.3. The fourth-order valence-electron chi connectivity index (χ4n) is 6.12. The van der Waals surface area contributed by atoms with Gasteiger partial charge in [0.1, 0.15) is 23.1 Å². The van der Waals surface area contributed by atoms with Crippen LogP contribution < -0.4 is 10.6 Å². The molecule has 0 amide bonds. The monoisotopic (exact) mass is 581 g/mol. The quantitative estimate of drug-likeness (QED) is 0.231. The van der Waals surface area contributed by atoms with Crippen molar-refractivity contribution in [3.8, 4) is 22.3 Å². The van der Waals surface area contributed by atoms with Crippen molar-refractivity contribution in [3.63, 3.8) is 0 Å². The number of hydrogen-bond donors (Lipinski definition) is 2. The van der Waals surface area contributed by atoms with Gasteiger partial charge in [-0.25, -0.2) is 18.2 Å². The van der Waals surface area contributed by atoms with Crippen LogP contribution in [0.5, 0.6) is 0 Å². The zero-order valence-electron chi connectivity index (χ0n) is 23.8. The van der Waals surface area contributed by atoms with Crippen molar-refractivity contribution in [1.29, 1.82) is 0 Å². The molecule has 0 saturated carbocycles. The lowest BCUT2D eigenvalue weighted by molar-refractivity contribution is 0.502. The van der Waals surface area contributed by atoms with E-state index in [4.69, 9.17) is 10.7 Å². The SMILES string of the molecule is Cc1ccc(C(C)n2cc(-c3cc(F)c4cn[nH]c4c3)c3c(N4CCC(N)CC4)c(-c4cc(F)cc(F)c4)cnc32)nc1. The molecule has 1 unspecified atom stereocenters. The number of nitrogens with two attached hydrogens (primary N) is 1. The summed E-state index contributed by atoms with van der Waals surface area (Å²) < 4.78 is 46.5. The number of piperidine rings is 1. The summed E-state index contributed by atoms with van der Waals surface area (Å²) in [5.74, 6) is -1.76. The average molecular weight is 582 g/mol. The first-order valence-electron chi connectivity index (χ1n) is 14.3. The molecule has 0 spiro atoms. The number of fused-ring (bicyclic) bond motifs is 2. The van der Waals surface area contributed by atoms with Gasteiger partial charge in [0.2, 0.25) is 0 Å². The Balaban J connectivity index is 1.55. The van der Waals surface area contributed by atoms with E-state index in [0.29, 0.717) is 46.3 Å². The van der Waals surface area contributed by atoms with Crippen LogP contribution in [0.25, 0.3) is 44.2 Å². The van der Waals surface area contributed by atoms with Gasteiger partial charge in [-0.15, -0.1) is 0 Å². The van der Waals surface area contributed by atoms with Crippen LogP contribution in [-0.2, 0) is 0 Å². The second-order valence-electron chi connectivity index (χ2n) is 11.4. The molecule has 0 radical (unpaired) electrons. The van der Waals surface area contributed by atoms with Gasteiger partial charge in [0.25, 0.3) is 0 Å². The topological polar surface area (TPSA) is 88.7 Å². The van der Waals surface area contributed by atoms with Crippen molar-refractivity contribution in [2.24, 2.45) is 5.73 Å². The van der Waals surface area contributed by atoms with Crippen LogP contribution in [0.1, 0.15) is 37.1 Å². The molecule has 43 heavy (non-hydrogen) atoms. The van der Waals surface area contributed by atoms with Gasteiger partial charge in [0.05, 0.1) is 39.9 Å². The Morgan fingerprint density at radius 3 is 2.37 bits per heavy atom. The van der Waals surface area contributed by atoms with Crippen molar-refractivity contribution in [1.82, 2.24) is 24.7 Å². The molecule has 7 nitrogen and oxygen atoms in total. The second-order valence-corrected chi connectivity index (χ2v) is 11.4. The average Bonchev–Trinajstić information content (AvgIpc) is 3.62. The molecule has 7 rings (SSSR count). The van der Waals surface area contributed by atoms with E-state index in [9.17, 15) is 8.78 Å². The fraction of sp³-hybridized carbons (Fsp3) is 0.242.